The molecule has 2 aromatic rings. The molecule has 0 aliphatic heterocycles. The fourth-order valence-corrected chi connectivity index (χ4v) is 3.79. The fourth-order valence-electron chi connectivity index (χ4n) is 2.22. The normalized spacial score (nSPS) is 12.7. The minimum atomic E-state index is -3.84. The topological polar surface area (TPSA) is 97.7 Å². The molecule has 1 unspecified atom stereocenters. The zero-order valence-electron chi connectivity index (χ0n) is 12.4. The number of esters is 1. The van der Waals surface area contributed by atoms with Crippen LogP contribution in [0.4, 0.5) is 0 Å². The molecule has 0 aromatic heterocycles. The summed E-state index contributed by atoms with van der Waals surface area (Å²) in [5, 5.41) is 10.8. The Kier molecular flexibility index (Phi) is 5.00. The monoisotopic (exact) mass is 336 g/mol. The third kappa shape index (κ3) is 4.07. The van der Waals surface area contributed by atoms with Crippen LogP contribution in [0, 0.1) is 5.92 Å². The Morgan fingerprint density at radius 3 is 2.39 bits per heavy atom. The van der Waals surface area contributed by atoms with Crippen molar-refractivity contribution in [3.63, 3.8) is 0 Å². The van der Waals surface area contributed by atoms with Gasteiger partial charge in [-0.25, -0.2) is 8.42 Å². The first-order chi connectivity index (χ1) is 10.8. The van der Waals surface area contributed by atoms with Crippen molar-refractivity contribution in [3.8, 4) is 0 Å². The SMILES string of the molecule is COC(=O)CC(CS(=O)(=O)c1ccc2ccccc2c1)C(=O)O. The molecule has 2 rings (SSSR count). The Labute approximate surface area is 133 Å². The molecular formula is C16H16O6S. The highest BCUT2D eigenvalue weighted by Crippen LogP contribution is 2.22. The molecule has 1 atom stereocenters. The van der Waals surface area contributed by atoms with Gasteiger partial charge < -0.3 is 9.84 Å². The Balaban J connectivity index is 2.31. The van der Waals surface area contributed by atoms with Crippen molar-refractivity contribution in [2.24, 2.45) is 5.92 Å². The van der Waals surface area contributed by atoms with E-state index < -0.39 is 39.9 Å². The first-order valence-corrected chi connectivity index (χ1v) is 8.50. The number of benzene rings is 2. The summed E-state index contributed by atoms with van der Waals surface area (Å²) in [4.78, 5) is 22.5. The van der Waals surface area contributed by atoms with E-state index in [1.807, 2.05) is 12.1 Å². The van der Waals surface area contributed by atoms with Crippen LogP contribution in [-0.2, 0) is 24.2 Å². The van der Waals surface area contributed by atoms with E-state index in [-0.39, 0.29) is 4.90 Å². The van der Waals surface area contributed by atoms with E-state index in [0.717, 1.165) is 17.9 Å². The van der Waals surface area contributed by atoms with Gasteiger partial charge in [0.1, 0.15) is 0 Å². The number of carbonyl (C=O) groups excluding carboxylic acids is 1. The number of fused-ring (bicyclic) bond motifs is 1. The maximum Gasteiger partial charge on any atom is 0.308 e. The van der Waals surface area contributed by atoms with Crippen molar-refractivity contribution in [2.45, 2.75) is 11.3 Å². The number of carbonyl (C=O) groups is 2. The molecule has 23 heavy (non-hydrogen) atoms. The van der Waals surface area contributed by atoms with Gasteiger partial charge in [-0.05, 0) is 22.9 Å². The molecule has 7 heteroatoms. The van der Waals surface area contributed by atoms with Crippen molar-refractivity contribution in [3.05, 3.63) is 42.5 Å². The zero-order valence-corrected chi connectivity index (χ0v) is 13.2. The fraction of sp³-hybridized carbons (Fsp3) is 0.250. The lowest BCUT2D eigenvalue weighted by Crippen LogP contribution is -2.26. The molecule has 0 saturated carbocycles. The van der Waals surface area contributed by atoms with E-state index in [0.29, 0.717) is 0 Å². The van der Waals surface area contributed by atoms with Gasteiger partial charge in [-0.3, -0.25) is 9.59 Å². The van der Waals surface area contributed by atoms with Gasteiger partial charge in [0, 0.05) is 0 Å². The lowest BCUT2D eigenvalue weighted by Gasteiger charge is -2.12. The molecular weight excluding hydrogens is 320 g/mol. The van der Waals surface area contributed by atoms with Crippen LogP contribution in [0.1, 0.15) is 6.42 Å². The minimum Gasteiger partial charge on any atom is -0.481 e. The molecule has 0 amide bonds. The smallest absolute Gasteiger partial charge is 0.308 e. The Morgan fingerprint density at radius 1 is 1.13 bits per heavy atom. The first kappa shape index (κ1) is 17.0. The Bertz CT molecular complexity index is 841. The summed E-state index contributed by atoms with van der Waals surface area (Å²) in [5.74, 6) is -4.11. The maximum atomic E-state index is 12.4. The molecule has 2 aromatic carbocycles. The molecule has 0 fully saturated rings. The van der Waals surface area contributed by atoms with Crippen molar-refractivity contribution in [1.29, 1.82) is 0 Å². The third-order valence-electron chi connectivity index (χ3n) is 3.49. The average molecular weight is 336 g/mol. The average Bonchev–Trinajstić information content (AvgIpc) is 2.53. The largest absolute Gasteiger partial charge is 0.481 e. The molecule has 0 saturated heterocycles. The molecule has 1 N–H and O–H groups in total. The Morgan fingerprint density at radius 2 is 1.78 bits per heavy atom. The minimum absolute atomic E-state index is 0.0346. The number of methoxy groups -OCH3 is 1. The number of carboxylic acids is 1. The van der Waals surface area contributed by atoms with Gasteiger partial charge in [0.2, 0.25) is 0 Å². The van der Waals surface area contributed by atoms with Gasteiger partial charge in [0.25, 0.3) is 0 Å². The van der Waals surface area contributed by atoms with Crippen LogP contribution in [-0.4, -0.2) is 38.3 Å². The maximum absolute atomic E-state index is 12.4. The van der Waals surface area contributed by atoms with Crippen molar-refractivity contribution in [1.82, 2.24) is 0 Å². The van der Waals surface area contributed by atoms with Gasteiger partial charge >= 0.3 is 11.9 Å². The van der Waals surface area contributed by atoms with E-state index in [9.17, 15) is 18.0 Å². The van der Waals surface area contributed by atoms with Gasteiger partial charge in [-0.2, -0.15) is 0 Å². The second-order valence-electron chi connectivity index (χ2n) is 5.11. The highest BCUT2D eigenvalue weighted by molar-refractivity contribution is 7.91. The predicted octanol–water partition coefficient (Wildman–Crippen LogP) is 1.88. The number of aliphatic carboxylic acids is 1. The van der Waals surface area contributed by atoms with Gasteiger partial charge in [0.15, 0.2) is 9.84 Å². The number of hydrogen-bond donors (Lipinski definition) is 1. The van der Waals surface area contributed by atoms with Crippen molar-refractivity contribution in [2.75, 3.05) is 12.9 Å². The standard InChI is InChI=1S/C16H16O6S/c1-22-15(17)9-13(16(18)19)10-23(20,21)14-7-6-11-4-2-3-5-12(11)8-14/h2-8,13H,9-10H2,1H3,(H,18,19). The summed E-state index contributed by atoms with van der Waals surface area (Å²) >= 11 is 0. The van der Waals surface area contributed by atoms with Crippen molar-refractivity contribution < 1.29 is 27.9 Å². The van der Waals surface area contributed by atoms with Crippen LogP contribution < -0.4 is 0 Å². The zero-order chi connectivity index (χ0) is 17.0. The number of rotatable bonds is 6. The molecule has 0 aliphatic rings. The van der Waals surface area contributed by atoms with Crippen molar-refractivity contribution >= 4 is 32.5 Å². The molecule has 0 spiro atoms. The summed E-state index contributed by atoms with van der Waals surface area (Å²) in [6.07, 6.45) is -0.487. The first-order valence-electron chi connectivity index (χ1n) is 6.84. The van der Waals surface area contributed by atoms with Crippen LogP contribution in [0.3, 0.4) is 0 Å². The molecule has 0 aliphatic carbocycles. The summed E-state index contributed by atoms with van der Waals surface area (Å²) in [6, 6.07) is 11.9. The molecule has 6 nitrogen and oxygen atoms in total. The van der Waals surface area contributed by atoms with E-state index in [4.69, 9.17) is 5.11 Å². The van der Waals surface area contributed by atoms with Crippen LogP contribution in [0.5, 0.6) is 0 Å². The summed E-state index contributed by atoms with van der Waals surface area (Å²) in [5.41, 5.74) is 0. The second-order valence-corrected chi connectivity index (χ2v) is 7.14. The highest BCUT2D eigenvalue weighted by atomic mass is 32.2. The number of carboxylic acid groups (broad SMARTS) is 1. The summed E-state index contributed by atoms with van der Waals surface area (Å²) in [7, 11) is -2.71. The quantitative estimate of drug-likeness (QED) is 0.809. The summed E-state index contributed by atoms with van der Waals surface area (Å²) in [6.45, 7) is 0. The summed E-state index contributed by atoms with van der Waals surface area (Å²) < 4.78 is 29.3. The van der Waals surface area contributed by atoms with Gasteiger partial charge in [-0.1, -0.05) is 30.3 Å². The Hall–Kier alpha value is -2.41. The molecule has 0 heterocycles. The van der Waals surface area contributed by atoms with Crippen LogP contribution >= 0.6 is 0 Å². The van der Waals surface area contributed by atoms with Crippen LogP contribution in [0.2, 0.25) is 0 Å². The van der Waals surface area contributed by atoms with E-state index in [1.165, 1.54) is 12.1 Å². The van der Waals surface area contributed by atoms with E-state index in [2.05, 4.69) is 4.74 Å². The molecule has 122 valence electrons. The van der Waals surface area contributed by atoms with Gasteiger partial charge in [0.05, 0.1) is 30.1 Å². The van der Waals surface area contributed by atoms with Crippen LogP contribution in [0.15, 0.2) is 47.4 Å². The second kappa shape index (κ2) is 6.78. The predicted molar refractivity (Wildman–Crippen MR) is 83.8 cm³/mol. The lowest BCUT2D eigenvalue weighted by atomic mass is 10.1. The van der Waals surface area contributed by atoms with Crippen LogP contribution in [0.25, 0.3) is 10.8 Å². The van der Waals surface area contributed by atoms with E-state index in [1.54, 1.807) is 18.2 Å². The number of hydrogen-bond acceptors (Lipinski definition) is 5. The van der Waals surface area contributed by atoms with Gasteiger partial charge in [-0.15, -0.1) is 0 Å². The lowest BCUT2D eigenvalue weighted by molar-refractivity contribution is -0.149. The highest BCUT2D eigenvalue weighted by Gasteiger charge is 2.29. The number of ether oxygens (including phenoxy) is 1. The molecule has 0 radical (unpaired) electrons. The third-order valence-corrected chi connectivity index (χ3v) is 5.30. The van der Waals surface area contributed by atoms with E-state index >= 15 is 0 Å². The molecule has 0 bridgehead atoms. The number of sulfone groups is 1.